The second-order valence-corrected chi connectivity index (χ2v) is 9.81. The van der Waals surface area contributed by atoms with Gasteiger partial charge in [0.2, 0.25) is 5.91 Å². The number of β-amino-alcohol motifs (C(OH)–C–C–N with tert-alkyl or cyclic N) is 1. The largest absolute Gasteiger partial charge is 0.480 e. The zero-order chi connectivity index (χ0) is 23.7. The van der Waals surface area contributed by atoms with Gasteiger partial charge in [-0.2, -0.15) is 0 Å². The Kier molecular flexibility index (Phi) is 6.57. The fourth-order valence-electron chi connectivity index (χ4n) is 4.96. The molecule has 0 bridgehead atoms. The van der Waals surface area contributed by atoms with Gasteiger partial charge in [-0.3, -0.25) is 14.5 Å². The van der Waals surface area contributed by atoms with Crippen molar-refractivity contribution in [2.24, 2.45) is 5.92 Å². The number of aryl methyl sites for hydroxylation is 1. The minimum atomic E-state index is -0.542. The number of hydrogen-bond donors (Lipinski definition) is 2. The molecule has 3 aliphatic rings. The van der Waals surface area contributed by atoms with E-state index in [9.17, 15) is 14.7 Å². The summed E-state index contributed by atoms with van der Waals surface area (Å²) < 4.78 is 6.15. The van der Waals surface area contributed by atoms with E-state index in [0.717, 1.165) is 49.0 Å². The van der Waals surface area contributed by atoms with E-state index in [1.54, 1.807) is 4.90 Å². The average molecular weight is 464 g/mol. The summed E-state index contributed by atoms with van der Waals surface area (Å²) >= 11 is 0. The highest BCUT2D eigenvalue weighted by Crippen LogP contribution is 2.34. The van der Waals surface area contributed by atoms with Gasteiger partial charge < -0.3 is 20.1 Å². The molecule has 1 saturated heterocycles. The van der Waals surface area contributed by atoms with E-state index < -0.39 is 6.10 Å². The molecule has 2 aliphatic heterocycles. The zero-order valence-electron chi connectivity index (χ0n) is 19.7. The maximum absolute atomic E-state index is 13.5. The number of aliphatic hydroxyl groups excluding tert-OH is 1. The van der Waals surface area contributed by atoms with Crippen molar-refractivity contribution in [3.63, 3.8) is 0 Å². The van der Waals surface area contributed by atoms with Gasteiger partial charge in [-0.25, -0.2) is 0 Å². The molecule has 1 saturated carbocycles. The quantitative estimate of drug-likeness (QED) is 0.660. The zero-order valence-corrected chi connectivity index (χ0v) is 19.7. The summed E-state index contributed by atoms with van der Waals surface area (Å²) in [5.41, 5.74) is 2.89. The first-order valence-electron chi connectivity index (χ1n) is 12.3. The molecule has 7 heteroatoms. The number of anilines is 1. The fraction of sp³-hybridized carbons (Fsp3) is 0.481. The van der Waals surface area contributed by atoms with Crippen molar-refractivity contribution in [2.45, 2.75) is 50.4 Å². The monoisotopic (exact) mass is 463 g/mol. The Balaban J connectivity index is 1.27. The highest BCUT2D eigenvalue weighted by atomic mass is 16.5. The molecule has 2 N–H and O–H groups in total. The van der Waals surface area contributed by atoms with Gasteiger partial charge in [-0.15, -0.1) is 0 Å². The average Bonchev–Trinajstić information content (AvgIpc) is 3.63. The molecule has 2 aromatic rings. The molecule has 5 rings (SSSR count). The lowest BCUT2D eigenvalue weighted by Crippen LogP contribution is -2.46. The van der Waals surface area contributed by atoms with E-state index in [1.165, 1.54) is 0 Å². The van der Waals surface area contributed by atoms with Gasteiger partial charge in [0.05, 0.1) is 12.1 Å². The van der Waals surface area contributed by atoms with Crippen LogP contribution in [0.1, 0.15) is 42.9 Å². The molecule has 2 heterocycles. The Hall–Kier alpha value is -2.90. The lowest BCUT2D eigenvalue weighted by molar-refractivity contribution is -0.140. The van der Waals surface area contributed by atoms with E-state index in [2.05, 4.69) is 22.3 Å². The van der Waals surface area contributed by atoms with Crippen LogP contribution in [0.15, 0.2) is 48.5 Å². The summed E-state index contributed by atoms with van der Waals surface area (Å²) in [4.78, 5) is 29.6. The predicted octanol–water partition coefficient (Wildman–Crippen LogP) is 3.00. The van der Waals surface area contributed by atoms with Crippen molar-refractivity contribution in [3.8, 4) is 5.75 Å². The van der Waals surface area contributed by atoms with Crippen molar-refractivity contribution in [2.75, 3.05) is 32.0 Å². The van der Waals surface area contributed by atoms with Crippen LogP contribution >= 0.6 is 0 Å². The highest BCUT2D eigenvalue weighted by molar-refractivity contribution is 5.94. The number of likely N-dealkylation sites (N-methyl/N-ethyl adjacent to an activating group) is 1. The molecule has 0 radical (unpaired) electrons. The molecule has 3 atom stereocenters. The van der Waals surface area contributed by atoms with Crippen molar-refractivity contribution in [1.29, 1.82) is 0 Å². The van der Waals surface area contributed by atoms with Crippen LogP contribution in [0, 0.1) is 5.92 Å². The Bertz CT molecular complexity index is 1040. The first-order chi connectivity index (χ1) is 16.5. The standard InChI is InChI=1S/C27H33N3O4/c1-29(23(18-5-3-2-4-6-18)17-30-14-13-22(31)16-30)27(33)25-11-9-20-15-21(10-12-24(20)34-25)28-26(32)19-7-8-19/h2-6,10,12,15,19,22-23,25,31H,7-9,11,13-14,16-17H2,1H3,(H,28,32)/t22-,23+,25+/m0/s1. The lowest BCUT2D eigenvalue weighted by Gasteiger charge is -2.35. The van der Waals surface area contributed by atoms with E-state index in [1.807, 2.05) is 43.4 Å². The van der Waals surface area contributed by atoms with Crippen LogP contribution in [0.2, 0.25) is 0 Å². The number of amides is 2. The number of benzene rings is 2. The molecular weight excluding hydrogens is 430 g/mol. The molecule has 2 aromatic carbocycles. The third-order valence-electron chi connectivity index (χ3n) is 7.17. The second kappa shape index (κ2) is 9.76. The molecule has 0 aromatic heterocycles. The smallest absolute Gasteiger partial charge is 0.263 e. The first kappa shape index (κ1) is 22.9. The normalized spacial score (nSPS) is 23.0. The summed E-state index contributed by atoms with van der Waals surface area (Å²) in [6.45, 7) is 2.15. The van der Waals surface area contributed by atoms with E-state index in [-0.39, 0.29) is 29.9 Å². The van der Waals surface area contributed by atoms with Crippen LogP contribution < -0.4 is 10.1 Å². The fourth-order valence-corrected chi connectivity index (χ4v) is 4.96. The summed E-state index contributed by atoms with van der Waals surface area (Å²) in [6, 6.07) is 15.6. The van der Waals surface area contributed by atoms with Crippen LogP contribution in [0.4, 0.5) is 5.69 Å². The Morgan fingerprint density at radius 2 is 1.94 bits per heavy atom. The molecule has 180 valence electrons. The predicted molar refractivity (Wildman–Crippen MR) is 130 cm³/mol. The van der Waals surface area contributed by atoms with Gasteiger partial charge in [-0.05, 0) is 61.4 Å². The number of hydrogen-bond acceptors (Lipinski definition) is 5. The van der Waals surface area contributed by atoms with Crippen molar-refractivity contribution in [1.82, 2.24) is 9.80 Å². The number of rotatable bonds is 7. The van der Waals surface area contributed by atoms with E-state index in [0.29, 0.717) is 25.3 Å². The van der Waals surface area contributed by atoms with Gasteiger partial charge >= 0.3 is 0 Å². The van der Waals surface area contributed by atoms with Gasteiger partial charge in [0.1, 0.15) is 5.75 Å². The second-order valence-electron chi connectivity index (χ2n) is 9.81. The minimum Gasteiger partial charge on any atom is -0.480 e. The maximum Gasteiger partial charge on any atom is 0.263 e. The lowest BCUT2D eigenvalue weighted by atomic mass is 9.99. The minimum absolute atomic E-state index is 0.0367. The van der Waals surface area contributed by atoms with E-state index >= 15 is 0 Å². The van der Waals surface area contributed by atoms with Crippen LogP contribution in [0.25, 0.3) is 0 Å². The molecule has 2 fully saturated rings. The SMILES string of the molecule is CN(C(=O)[C@H]1CCc2cc(NC(=O)C3CC3)ccc2O1)[C@H](CN1CC[C@H](O)C1)c1ccccc1. The van der Waals surface area contributed by atoms with Crippen molar-refractivity contribution < 1.29 is 19.4 Å². The summed E-state index contributed by atoms with van der Waals surface area (Å²) in [5, 5.41) is 12.9. The molecular formula is C27H33N3O4. The van der Waals surface area contributed by atoms with Crippen LogP contribution in [-0.4, -0.2) is 65.6 Å². The topological polar surface area (TPSA) is 82.1 Å². The molecule has 1 aliphatic carbocycles. The number of ether oxygens (including phenoxy) is 1. The number of nitrogens with one attached hydrogen (secondary N) is 1. The van der Waals surface area contributed by atoms with Gasteiger partial charge in [0.25, 0.3) is 5.91 Å². The third kappa shape index (κ3) is 5.10. The molecule has 2 amide bonds. The number of carbonyl (C=O) groups is 2. The van der Waals surface area contributed by atoms with Crippen LogP contribution in [0.5, 0.6) is 5.75 Å². The van der Waals surface area contributed by atoms with Gasteiger partial charge in [0, 0.05) is 38.3 Å². The van der Waals surface area contributed by atoms with Crippen LogP contribution in [-0.2, 0) is 16.0 Å². The number of aliphatic hydroxyl groups is 1. The van der Waals surface area contributed by atoms with Gasteiger partial charge in [-0.1, -0.05) is 30.3 Å². The first-order valence-corrected chi connectivity index (χ1v) is 12.3. The number of nitrogens with zero attached hydrogens (tertiary/aromatic N) is 2. The number of likely N-dealkylation sites (tertiary alicyclic amines) is 1. The summed E-state index contributed by atoms with van der Waals surface area (Å²) in [5.74, 6) is 0.918. The highest BCUT2D eigenvalue weighted by Gasteiger charge is 2.34. The maximum atomic E-state index is 13.5. The summed E-state index contributed by atoms with van der Waals surface area (Å²) in [7, 11) is 1.85. The summed E-state index contributed by atoms with van der Waals surface area (Å²) in [6.07, 6.45) is 3.19. The Morgan fingerprint density at radius 3 is 2.65 bits per heavy atom. The Labute approximate surface area is 200 Å². The Morgan fingerprint density at radius 1 is 1.15 bits per heavy atom. The number of carbonyl (C=O) groups excluding carboxylic acids is 2. The third-order valence-corrected chi connectivity index (χ3v) is 7.17. The molecule has 34 heavy (non-hydrogen) atoms. The number of fused-ring (bicyclic) bond motifs is 1. The molecule has 7 nitrogen and oxygen atoms in total. The molecule has 0 spiro atoms. The van der Waals surface area contributed by atoms with E-state index in [4.69, 9.17) is 4.74 Å². The van der Waals surface area contributed by atoms with Crippen LogP contribution in [0.3, 0.4) is 0 Å². The van der Waals surface area contributed by atoms with Crippen molar-refractivity contribution >= 4 is 17.5 Å². The van der Waals surface area contributed by atoms with Gasteiger partial charge in [0.15, 0.2) is 6.10 Å². The van der Waals surface area contributed by atoms with Crippen molar-refractivity contribution in [3.05, 3.63) is 59.7 Å². The molecule has 0 unspecified atom stereocenters.